The molecule has 72 heavy (non-hydrogen) atoms. The molecule has 2 heterocycles. The number of hydrogen-bond acceptors (Lipinski definition) is 13. The van der Waals surface area contributed by atoms with Crippen LogP contribution in [0.4, 0.5) is 14.4 Å². The van der Waals surface area contributed by atoms with Crippen LogP contribution in [0.15, 0.2) is 36.8 Å². The van der Waals surface area contributed by atoms with Gasteiger partial charge in [-0.15, -0.1) is 0 Å². The van der Waals surface area contributed by atoms with E-state index in [1.54, 1.807) is 65.8 Å². The maximum Gasteiger partial charge on any atom is 0.419 e. The highest BCUT2D eigenvalue weighted by molar-refractivity contribution is 5.96. The number of carbonyl (C=O) groups is 8. The lowest BCUT2D eigenvalue weighted by molar-refractivity contribution is -0.142. The number of hydrogen-bond donors (Lipinski definition) is 6. The normalized spacial score (nSPS) is 15.7. The van der Waals surface area contributed by atoms with Gasteiger partial charge in [0.2, 0.25) is 29.5 Å². The van der Waals surface area contributed by atoms with E-state index in [2.05, 4.69) is 31.6 Å². The lowest BCUT2D eigenvalue weighted by Gasteiger charge is -2.30. The summed E-state index contributed by atoms with van der Waals surface area (Å²) in [5.41, 5.74) is 4.68. The average Bonchev–Trinajstić information content (AvgIpc) is 3.93. The molecule has 0 unspecified atom stereocenters. The minimum absolute atomic E-state index is 0.0508. The molecular formula is C51H81N9O12. The van der Waals surface area contributed by atoms with E-state index in [4.69, 9.17) is 24.7 Å². The number of nitrogens with zero attached hydrogens (tertiary/aromatic N) is 3. The lowest BCUT2D eigenvalue weighted by Crippen LogP contribution is -2.58. The number of likely N-dealkylation sites (tertiary alicyclic amines) is 1. The van der Waals surface area contributed by atoms with Gasteiger partial charge in [0.1, 0.15) is 65.2 Å². The first-order valence-electron chi connectivity index (χ1n) is 24.8. The number of rotatable bonds is 22. The van der Waals surface area contributed by atoms with E-state index in [0.717, 1.165) is 4.57 Å². The number of amides is 7. The van der Waals surface area contributed by atoms with Crippen molar-refractivity contribution in [1.82, 2.24) is 41.0 Å². The second kappa shape index (κ2) is 26.3. The molecule has 1 aromatic heterocycles. The van der Waals surface area contributed by atoms with Crippen LogP contribution in [-0.4, -0.2) is 128 Å². The standard InChI is InChI=1S/C51H81N9O12/c1-30(2)40(31(3)4)69-48(68)59-28-34(54-29-59)27-38(58-47(67)72-51(12,13)14)43(63)55-32(5)45(65)60-25-17-19-39(60)44(64)56-36(18-15-16-24-53-46(66)71-50(9,10)11)42(62)57-37(41(52)61)26-33-20-22-35(23-21-33)70-49(6,7)8/h20-23,28-32,36-40H,15-19,24-27H2,1-14H3,(H2,52,61)(H,53,66)(H,55,63)(H,56,64)(H,57,62)(H,58,67)/t32-,36-,37-,38-,39-/m0/s1. The van der Waals surface area contributed by atoms with Gasteiger partial charge in [0.05, 0.1) is 5.69 Å². The Hall–Kier alpha value is -6.41. The van der Waals surface area contributed by atoms with Crippen LogP contribution in [0.1, 0.15) is 140 Å². The van der Waals surface area contributed by atoms with E-state index < -0.39 is 94.8 Å². The van der Waals surface area contributed by atoms with Crippen molar-refractivity contribution in [3.05, 3.63) is 48.0 Å². The number of carbonyl (C=O) groups excluding carboxylic acids is 8. The largest absolute Gasteiger partial charge is 0.488 e. The summed E-state index contributed by atoms with van der Waals surface area (Å²) >= 11 is 0. The molecule has 5 atom stereocenters. The van der Waals surface area contributed by atoms with E-state index in [-0.39, 0.29) is 62.4 Å². The van der Waals surface area contributed by atoms with Crippen molar-refractivity contribution in [2.24, 2.45) is 17.6 Å². The Bertz CT molecular complexity index is 2160. The second-order valence-corrected chi connectivity index (χ2v) is 21.9. The number of ether oxygens (including phenoxy) is 4. The van der Waals surface area contributed by atoms with Gasteiger partial charge in [-0.25, -0.2) is 23.9 Å². The van der Waals surface area contributed by atoms with Crippen molar-refractivity contribution in [2.45, 2.75) is 195 Å². The molecule has 21 heteroatoms. The van der Waals surface area contributed by atoms with Crippen LogP contribution in [0.3, 0.4) is 0 Å². The predicted octanol–water partition coefficient (Wildman–Crippen LogP) is 5.05. The first-order valence-corrected chi connectivity index (χ1v) is 24.8. The second-order valence-electron chi connectivity index (χ2n) is 21.9. The molecule has 0 bridgehead atoms. The molecule has 21 nitrogen and oxygen atoms in total. The van der Waals surface area contributed by atoms with Crippen LogP contribution < -0.4 is 37.1 Å². The van der Waals surface area contributed by atoms with Crippen LogP contribution in [0.25, 0.3) is 0 Å². The average molecular weight is 1010 g/mol. The summed E-state index contributed by atoms with van der Waals surface area (Å²) in [6.07, 6.45) is 1.48. The Morgan fingerprint density at radius 3 is 1.89 bits per heavy atom. The molecule has 0 radical (unpaired) electrons. The highest BCUT2D eigenvalue weighted by atomic mass is 16.6. The number of benzene rings is 1. The van der Waals surface area contributed by atoms with Crippen molar-refractivity contribution < 1.29 is 57.3 Å². The molecule has 1 fully saturated rings. The maximum absolute atomic E-state index is 14.1. The molecule has 0 saturated carbocycles. The zero-order chi connectivity index (χ0) is 54.3. The quantitative estimate of drug-likeness (QED) is 0.0666. The van der Waals surface area contributed by atoms with Gasteiger partial charge in [-0.1, -0.05) is 39.8 Å². The predicted molar refractivity (Wildman–Crippen MR) is 268 cm³/mol. The van der Waals surface area contributed by atoms with Crippen LogP contribution >= 0.6 is 0 Å². The molecule has 1 aromatic carbocycles. The fourth-order valence-electron chi connectivity index (χ4n) is 7.88. The number of alkyl carbamates (subject to hydrolysis) is 2. The lowest BCUT2D eigenvalue weighted by atomic mass is 9.96. The van der Waals surface area contributed by atoms with Crippen molar-refractivity contribution >= 4 is 47.8 Å². The molecule has 1 aliphatic rings. The summed E-state index contributed by atoms with van der Waals surface area (Å²) in [4.78, 5) is 113. The van der Waals surface area contributed by atoms with Gasteiger partial charge in [-0.3, -0.25) is 24.0 Å². The van der Waals surface area contributed by atoms with E-state index in [1.165, 1.54) is 24.3 Å². The third kappa shape index (κ3) is 20.7. The molecule has 7 amide bonds. The summed E-state index contributed by atoms with van der Waals surface area (Å²) in [6.45, 7) is 25.5. The number of nitrogens with two attached hydrogens (primary N) is 1. The van der Waals surface area contributed by atoms with Gasteiger partial charge >= 0.3 is 18.3 Å². The van der Waals surface area contributed by atoms with Crippen molar-refractivity contribution in [3.63, 3.8) is 0 Å². The van der Waals surface area contributed by atoms with Crippen LogP contribution in [0, 0.1) is 11.8 Å². The molecule has 0 aliphatic carbocycles. The Kier molecular flexibility index (Phi) is 21.9. The Labute approximate surface area is 424 Å². The highest BCUT2D eigenvalue weighted by Crippen LogP contribution is 2.22. The van der Waals surface area contributed by atoms with Crippen LogP contribution in [0.5, 0.6) is 5.75 Å². The summed E-state index contributed by atoms with van der Waals surface area (Å²) in [6, 6.07) is 1.13. The number of primary amides is 1. The minimum Gasteiger partial charge on any atom is -0.488 e. The van der Waals surface area contributed by atoms with Crippen molar-refractivity contribution in [2.75, 3.05) is 13.1 Å². The zero-order valence-electron chi connectivity index (χ0n) is 44.8. The molecule has 402 valence electrons. The summed E-state index contributed by atoms with van der Waals surface area (Å²) in [5.74, 6) is -2.76. The fraction of sp³-hybridized carbons (Fsp3) is 0.667. The van der Waals surface area contributed by atoms with E-state index >= 15 is 0 Å². The third-order valence-corrected chi connectivity index (χ3v) is 11.1. The van der Waals surface area contributed by atoms with Crippen molar-refractivity contribution in [1.29, 1.82) is 0 Å². The molecule has 7 N–H and O–H groups in total. The van der Waals surface area contributed by atoms with Crippen molar-refractivity contribution in [3.8, 4) is 5.75 Å². The molecule has 2 aromatic rings. The van der Waals surface area contributed by atoms with Gasteiger partial charge in [-0.2, -0.15) is 0 Å². The summed E-state index contributed by atoms with van der Waals surface area (Å²) < 4.78 is 23.5. The zero-order valence-corrected chi connectivity index (χ0v) is 44.8. The summed E-state index contributed by atoms with van der Waals surface area (Å²) in [5, 5.41) is 13.4. The van der Waals surface area contributed by atoms with E-state index in [0.29, 0.717) is 30.6 Å². The van der Waals surface area contributed by atoms with Gasteiger partial charge in [0.25, 0.3) is 0 Å². The number of unbranched alkanes of at least 4 members (excludes halogenated alkanes) is 1. The monoisotopic (exact) mass is 1010 g/mol. The SMILES string of the molecule is CC(C)C(OC(=O)n1cnc(C[C@H](NC(=O)OC(C)(C)C)C(=O)N[C@@H](C)C(=O)N2CCC[C@H]2C(=O)N[C@@H](CCCCNC(=O)OC(C)(C)C)C(=O)N[C@@H](Cc2ccc(OC(C)(C)C)cc2)C(N)=O)c1)C(C)C. The topological polar surface area (TPSA) is 281 Å². The molecule has 1 saturated heterocycles. The summed E-state index contributed by atoms with van der Waals surface area (Å²) in [7, 11) is 0. The first-order chi connectivity index (χ1) is 33.3. The van der Waals surface area contributed by atoms with E-state index in [1.807, 2.05) is 48.5 Å². The maximum atomic E-state index is 14.1. The molecule has 3 rings (SSSR count). The first kappa shape index (κ1) is 59.9. The minimum atomic E-state index is -1.32. The number of aromatic nitrogens is 2. The fourth-order valence-corrected chi connectivity index (χ4v) is 7.88. The number of imidazole rings is 1. The Morgan fingerprint density at radius 1 is 0.722 bits per heavy atom. The smallest absolute Gasteiger partial charge is 0.419 e. The van der Waals surface area contributed by atoms with Gasteiger partial charge < -0.3 is 56.2 Å². The Balaban J connectivity index is 1.79. The van der Waals surface area contributed by atoms with Gasteiger partial charge in [0, 0.05) is 32.1 Å². The molecule has 1 aliphatic heterocycles. The van der Waals surface area contributed by atoms with Crippen LogP contribution in [-0.2, 0) is 51.0 Å². The van der Waals surface area contributed by atoms with E-state index in [9.17, 15) is 38.4 Å². The number of nitrogens with one attached hydrogen (secondary N) is 5. The third-order valence-electron chi connectivity index (χ3n) is 11.1. The Morgan fingerprint density at radius 2 is 1.32 bits per heavy atom. The molecule has 0 spiro atoms. The van der Waals surface area contributed by atoms with Gasteiger partial charge in [-0.05, 0) is 131 Å². The highest BCUT2D eigenvalue weighted by Gasteiger charge is 2.39. The molecular weight excluding hydrogens is 931 g/mol. The van der Waals surface area contributed by atoms with Gasteiger partial charge in [0.15, 0.2) is 0 Å². The van der Waals surface area contributed by atoms with Crippen LogP contribution in [0.2, 0.25) is 0 Å².